The summed E-state index contributed by atoms with van der Waals surface area (Å²) in [7, 11) is -3.92. The maximum absolute atomic E-state index is 13.5. The Labute approximate surface area is 191 Å². The summed E-state index contributed by atoms with van der Waals surface area (Å²) in [6.45, 7) is 7.39. The normalized spacial score (nSPS) is 11.8. The summed E-state index contributed by atoms with van der Waals surface area (Å²) in [4.78, 5) is 13.2. The van der Waals surface area contributed by atoms with Crippen LogP contribution in [-0.2, 0) is 21.2 Å². The summed E-state index contributed by atoms with van der Waals surface area (Å²) in [5.41, 5.74) is 2.99. The minimum atomic E-state index is -3.92. The molecule has 0 bridgehead atoms. The Balaban J connectivity index is 1.86. The molecule has 0 aliphatic rings. The van der Waals surface area contributed by atoms with E-state index in [2.05, 4.69) is 5.32 Å². The zero-order valence-corrected chi connectivity index (χ0v) is 19.8. The molecule has 0 aliphatic carbocycles. The van der Waals surface area contributed by atoms with Gasteiger partial charge in [0.1, 0.15) is 6.54 Å². The third-order valence-electron chi connectivity index (χ3n) is 5.18. The van der Waals surface area contributed by atoms with Gasteiger partial charge in [-0.3, -0.25) is 9.10 Å². The number of carbonyl (C=O) groups is 1. The highest BCUT2D eigenvalue weighted by atomic mass is 32.2. The second kappa shape index (κ2) is 9.57. The summed E-state index contributed by atoms with van der Waals surface area (Å²) in [5, 5.41) is 3.00. The number of sulfonamides is 1. The van der Waals surface area contributed by atoms with Crippen LogP contribution in [0, 0.1) is 13.8 Å². The fourth-order valence-corrected chi connectivity index (χ4v) is 4.98. The van der Waals surface area contributed by atoms with Gasteiger partial charge in [-0.1, -0.05) is 65.7 Å². The topological polar surface area (TPSA) is 66.5 Å². The number of anilines is 1. The molecule has 0 spiro atoms. The molecule has 0 saturated carbocycles. The lowest BCUT2D eigenvalue weighted by atomic mass is 9.95. The predicted octanol–water partition coefficient (Wildman–Crippen LogP) is 4.64. The number of hydrogen-bond acceptors (Lipinski definition) is 3. The summed E-state index contributed by atoms with van der Waals surface area (Å²) in [5.74, 6) is -0.359. The summed E-state index contributed by atoms with van der Waals surface area (Å²) >= 11 is 0. The molecule has 32 heavy (non-hydrogen) atoms. The maximum Gasteiger partial charge on any atom is 0.264 e. The third-order valence-corrected chi connectivity index (χ3v) is 6.97. The van der Waals surface area contributed by atoms with Gasteiger partial charge in [-0.15, -0.1) is 0 Å². The standard InChI is InChI=1S/C26H30N2O3S/c1-20-10-14-23(15-11-20)28(32(30,31)24-16-12-21(2)13-17-24)19-25(29)27-26(3,4)18-22-8-6-5-7-9-22/h5-17H,18-19H2,1-4H3,(H,27,29). The van der Waals surface area contributed by atoms with Crippen molar-refractivity contribution >= 4 is 21.6 Å². The van der Waals surface area contributed by atoms with Gasteiger partial charge in [0.05, 0.1) is 10.6 Å². The number of nitrogens with zero attached hydrogens (tertiary/aromatic N) is 1. The predicted molar refractivity (Wildman–Crippen MR) is 129 cm³/mol. The van der Waals surface area contributed by atoms with Crippen LogP contribution in [0.4, 0.5) is 5.69 Å². The first-order valence-corrected chi connectivity index (χ1v) is 12.0. The van der Waals surface area contributed by atoms with Gasteiger partial charge < -0.3 is 5.32 Å². The summed E-state index contributed by atoms with van der Waals surface area (Å²) < 4.78 is 28.1. The van der Waals surface area contributed by atoms with E-state index in [9.17, 15) is 13.2 Å². The molecule has 0 aromatic heterocycles. The Kier molecular flexibility index (Phi) is 7.04. The molecule has 0 saturated heterocycles. The second-order valence-electron chi connectivity index (χ2n) is 8.75. The van der Waals surface area contributed by atoms with Gasteiger partial charge in [0.15, 0.2) is 0 Å². The molecule has 3 rings (SSSR count). The molecule has 0 aliphatic heterocycles. The molecule has 5 nitrogen and oxygen atoms in total. The Bertz CT molecular complexity index is 1150. The molecule has 3 aromatic carbocycles. The van der Waals surface area contributed by atoms with Crippen molar-refractivity contribution in [3.05, 3.63) is 95.6 Å². The molecule has 0 radical (unpaired) electrons. The van der Waals surface area contributed by atoms with Crippen molar-refractivity contribution in [3.63, 3.8) is 0 Å². The Morgan fingerprint density at radius 3 is 1.94 bits per heavy atom. The van der Waals surface area contributed by atoms with Crippen LogP contribution in [-0.4, -0.2) is 26.4 Å². The number of carbonyl (C=O) groups excluding carboxylic acids is 1. The van der Waals surface area contributed by atoms with E-state index in [0.717, 1.165) is 16.7 Å². The van der Waals surface area contributed by atoms with E-state index in [1.807, 2.05) is 70.2 Å². The van der Waals surface area contributed by atoms with Crippen LogP contribution >= 0.6 is 0 Å². The van der Waals surface area contributed by atoms with Gasteiger partial charge >= 0.3 is 0 Å². The second-order valence-corrected chi connectivity index (χ2v) is 10.6. The highest BCUT2D eigenvalue weighted by Gasteiger charge is 2.29. The van der Waals surface area contributed by atoms with Crippen LogP contribution < -0.4 is 9.62 Å². The number of hydrogen-bond donors (Lipinski definition) is 1. The van der Waals surface area contributed by atoms with Crippen LogP contribution in [0.3, 0.4) is 0 Å². The first kappa shape index (κ1) is 23.5. The van der Waals surface area contributed by atoms with Crippen molar-refractivity contribution < 1.29 is 13.2 Å². The summed E-state index contributed by atoms with van der Waals surface area (Å²) in [6, 6.07) is 23.7. The SMILES string of the molecule is Cc1ccc(N(CC(=O)NC(C)(C)Cc2ccccc2)S(=O)(=O)c2ccc(C)cc2)cc1. The molecule has 0 atom stereocenters. The first-order chi connectivity index (χ1) is 15.1. The van der Waals surface area contributed by atoms with Gasteiger partial charge in [-0.2, -0.15) is 0 Å². The van der Waals surface area contributed by atoms with E-state index < -0.39 is 15.6 Å². The lowest BCUT2D eigenvalue weighted by Gasteiger charge is -2.29. The van der Waals surface area contributed by atoms with E-state index in [4.69, 9.17) is 0 Å². The Morgan fingerprint density at radius 1 is 0.844 bits per heavy atom. The molecule has 168 valence electrons. The van der Waals surface area contributed by atoms with Crippen LogP contribution in [0.25, 0.3) is 0 Å². The lowest BCUT2D eigenvalue weighted by Crippen LogP contribution is -2.50. The lowest BCUT2D eigenvalue weighted by molar-refractivity contribution is -0.121. The van der Waals surface area contributed by atoms with Crippen molar-refractivity contribution in [2.45, 2.75) is 44.6 Å². The molecule has 1 amide bonds. The zero-order valence-electron chi connectivity index (χ0n) is 19.0. The molecular weight excluding hydrogens is 420 g/mol. The van der Waals surface area contributed by atoms with Gasteiger partial charge in [0.2, 0.25) is 5.91 Å². The van der Waals surface area contributed by atoms with Gasteiger partial charge in [-0.25, -0.2) is 8.42 Å². The minimum Gasteiger partial charge on any atom is -0.349 e. The Morgan fingerprint density at radius 2 is 1.38 bits per heavy atom. The fraction of sp³-hybridized carbons (Fsp3) is 0.269. The monoisotopic (exact) mass is 450 g/mol. The van der Waals surface area contributed by atoms with Crippen molar-refractivity contribution in [3.8, 4) is 0 Å². The fourth-order valence-electron chi connectivity index (χ4n) is 3.56. The van der Waals surface area contributed by atoms with Crippen molar-refractivity contribution in [1.82, 2.24) is 5.32 Å². The average Bonchev–Trinajstić information content (AvgIpc) is 2.73. The average molecular weight is 451 g/mol. The van der Waals surface area contributed by atoms with E-state index in [-0.39, 0.29) is 17.3 Å². The van der Waals surface area contributed by atoms with E-state index in [1.165, 1.54) is 4.31 Å². The van der Waals surface area contributed by atoms with E-state index >= 15 is 0 Å². The molecular formula is C26H30N2O3S. The number of rotatable bonds is 8. The molecule has 6 heteroatoms. The van der Waals surface area contributed by atoms with E-state index in [1.54, 1.807) is 36.4 Å². The van der Waals surface area contributed by atoms with Crippen LogP contribution in [0.2, 0.25) is 0 Å². The summed E-state index contributed by atoms with van der Waals surface area (Å²) in [6.07, 6.45) is 0.634. The number of nitrogens with one attached hydrogen (secondary N) is 1. The minimum absolute atomic E-state index is 0.153. The van der Waals surface area contributed by atoms with Crippen LogP contribution in [0.15, 0.2) is 83.8 Å². The Hall–Kier alpha value is -3.12. The smallest absolute Gasteiger partial charge is 0.264 e. The first-order valence-electron chi connectivity index (χ1n) is 10.6. The van der Waals surface area contributed by atoms with Gasteiger partial charge in [0.25, 0.3) is 10.0 Å². The zero-order chi connectivity index (χ0) is 23.4. The largest absolute Gasteiger partial charge is 0.349 e. The highest BCUT2D eigenvalue weighted by molar-refractivity contribution is 7.92. The molecule has 0 heterocycles. The van der Waals surface area contributed by atoms with Gasteiger partial charge in [-0.05, 0) is 63.9 Å². The molecule has 3 aromatic rings. The third kappa shape index (κ3) is 5.98. The van der Waals surface area contributed by atoms with Gasteiger partial charge in [0, 0.05) is 5.54 Å². The molecule has 1 N–H and O–H groups in total. The van der Waals surface area contributed by atoms with Crippen LogP contribution in [0.1, 0.15) is 30.5 Å². The number of benzene rings is 3. The van der Waals surface area contributed by atoms with Crippen molar-refractivity contribution in [1.29, 1.82) is 0 Å². The van der Waals surface area contributed by atoms with Crippen LogP contribution in [0.5, 0.6) is 0 Å². The van der Waals surface area contributed by atoms with Crippen molar-refractivity contribution in [2.75, 3.05) is 10.8 Å². The van der Waals surface area contributed by atoms with Crippen molar-refractivity contribution in [2.24, 2.45) is 0 Å². The molecule has 0 unspecified atom stereocenters. The number of amides is 1. The highest BCUT2D eigenvalue weighted by Crippen LogP contribution is 2.24. The quantitative estimate of drug-likeness (QED) is 0.544. The molecule has 0 fully saturated rings. The maximum atomic E-state index is 13.5. The van der Waals surface area contributed by atoms with E-state index in [0.29, 0.717) is 12.1 Å². The number of aryl methyl sites for hydroxylation is 2.